The Morgan fingerprint density at radius 3 is 2.12 bits per heavy atom. The highest BCUT2D eigenvalue weighted by Crippen LogP contribution is 2.26. The Balaban J connectivity index is 1.93. The smallest absolute Gasteiger partial charge is 0.363 e. The number of esters is 1. The van der Waals surface area contributed by atoms with Gasteiger partial charge in [-0.3, -0.25) is 0 Å². The lowest BCUT2D eigenvalue weighted by Gasteiger charge is -2.19. The first-order valence-corrected chi connectivity index (χ1v) is 8.70. The number of anilines is 1. The predicted octanol–water partition coefficient (Wildman–Crippen LogP) is 3.41. The second kappa shape index (κ2) is 8.26. The molecule has 0 unspecified atom stereocenters. The second-order valence-electron chi connectivity index (χ2n) is 5.30. The van der Waals surface area contributed by atoms with Crippen LogP contribution >= 0.6 is 11.3 Å². The van der Waals surface area contributed by atoms with Gasteiger partial charge in [-0.15, -0.1) is 11.3 Å². The molecule has 1 heterocycles. The van der Waals surface area contributed by atoms with Crippen LogP contribution in [0, 0.1) is 0 Å². The highest BCUT2D eigenvalue weighted by Gasteiger charge is 2.25. The summed E-state index contributed by atoms with van der Waals surface area (Å²) in [5.41, 5.74) is 7.64. The number of nitrogens with two attached hydrogens (primary N) is 1. The normalized spacial score (nSPS) is 11.4. The SMILES string of the molecule is CON=C(C(=O)OC(c1ccccc1)c1ccccc1)c1csc(N)n1. The van der Waals surface area contributed by atoms with Gasteiger partial charge in [-0.1, -0.05) is 65.8 Å². The number of benzene rings is 2. The number of rotatable bonds is 6. The third-order valence-corrected chi connectivity index (χ3v) is 4.24. The first kappa shape index (κ1) is 17.6. The Kier molecular flexibility index (Phi) is 5.60. The number of thiazole rings is 1. The first-order chi connectivity index (χ1) is 12.7. The molecule has 0 saturated heterocycles. The number of oxime groups is 1. The number of carbonyl (C=O) groups is 1. The molecule has 0 aliphatic heterocycles. The summed E-state index contributed by atoms with van der Waals surface area (Å²) in [5, 5.41) is 5.74. The Morgan fingerprint density at radius 1 is 1.08 bits per heavy atom. The molecule has 2 aromatic carbocycles. The fraction of sp³-hybridized carbons (Fsp3) is 0.105. The lowest BCUT2D eigenvalue weighted by atomic mass is 10.0. The maximum Gasteiger partial charge on any atom is 0.363 e. The monoisotopic (exact) mass is 367 g/mol. The summed E-state index contributed by atoms with van der Waals surface area (Å²) in [6.07, 6.45) is -0.581. The van der Waals surface area contributed by atoms with Crippen molar-refractivity contribution in [2.24, 2.45) is 5.16 Å². The minimum absolute atomic E-state index is 0.0303. The van der Waals surface area contributed by atoms with E-state index in [-0.39, 0.29) is 5.71 Å². The van der Waals surface area contributed by atoms with Crippen LogP contribution in [0.3, 0.4) is 0 Å². The van der Waals surface area contributed by atoms with Crippen LogP contribution in [0.5, 0.6) is 0 Å². The van der Waals surface area contributed by atoms with E-state index in [2.05, 4.69) is 10.1 Å². The molecular weight excluding hydrogens is 350 g/mol. The van der Waals surface area contributed by atoms with Crippen molar-refractivity contribution in [2.75, 3.05) is 12.8 Å². The summed E-state index contributed by atoms with van der Waals surface area (Å²) in [4.78, 5) is 21.7. The summed E-state index contributed by atoms with van der Waals surface area (Å²) >= 11 is 1.21. The van der Waals surface area contributed by atoms with E-state index in [1.807, 2.05) is 60.7 Å². The van der Waals surface area contributed by atoms with E-state index in [1.54, 1.807) is 5.38 Å². The molecule has 0 saturated carbocycles. The third kappa shape index (κ3) is 4.07. The van der Waals surface area contributed by atoms with Crippen LogP contribution in [0.15, 0.2) is 71.2 Å². The number of carbonyl (C=O) groups excluding carboxylic acids is 1. The number of ether oxygens (including phenoxy) is 1. The standard InChI is InChI=1S/C19H17N3O3S/c1-24-22-16(15-12-26-19(20)21-15)18(23)25-17(13-8-4-2-5-9-13)14-10-6-3-7-11-14/h2-12,17H,1H3,(H2,20,21). The number of nitrogen functional groups attached to an aromatic ring is 1. The van der Waals surface area contributed by atoms with Crippen molar-refractivity contribution in [2.45, 2.75) is 6.10 Å². The molecule has 0 radical (unpaired) electrons. The summed E-state index contributed by atoms with van der Waals surface area (Å²) in [7, 11) is 1.36. The van der Waals surface area contributed by atoms with Crippen LogP contribution in [0.4, 0.5) is 5.13 Å². The number of hydrogen-bond donors (Lipinski definition) is 1. The van der Waals surface area contributed by atoms with E-state index >= 15 is 0 Å². The Labute approximate surface area is 154 Å². The topological polar surface area (TPSA) is 86.8 Å². The maximum atomic E-state index is 12.8. The largest absolute Gasteiger partial charge is 0.448 e. The van der Waals surface area contributed by atoms with Crippen LogP contribution in [0.25, 0.3) is 0 Å². The molecule has 0 aliphatic carbocycles. The van der Waals surface area contributed by atoms with Gasteiger partial charge in [-0.25, -0.2) is 9.78 Å². The lowest BCUT2D eigenvalue weighted by Crippen LogP contribution is -2.22. The first-order valence-electron chi connectivity index (χ1n) is 7.82. The number of hydrogen-bond acceptors (Lipinski definition) is 7. The van der Waals surface area contributed by atoms with Gasteiger partial charge in [-0.2, -0.15) is 0 Å². The molecule has 0 amide bonds. The average molecular weight is 367 g/mol. The van der Waals surface area contributed by atoms with E-state index in [0.717, 1.165) is 11.1 Å². The van der Waals surface area contributed by atoms with Gasteiger partial charge in [0.2, 0.25) is 5.71 Å². The molecule has 3 aromatic rings. The van der Waals surface area contributed by atoms with Gasteiger partial charge in [0.15, 0.2) is 11.2 Å². The van der Waals surface area contributed by atoms with E-state index in [0.29, 0.717) is 10.8 Å². The van der Waals surface area contributed by atoms with Gasteiger partial charge >= 0.3 is 5.97 Å². The molecule has 0 aliphatic rings. The molecule has 0 fully saturated rings. The van der Waals surface area contributed by atoms with Crippen molar-refractivity contribution in [3.63, 3.8) is 0 Å². The van der Waals surface area contributed by atoms with Gasteiger partial charge in [0.25, 0.3) is 0 Å². The van der Waals surface area contributed by atoms with E-state index in [9.17, 15) is 4.79 Å². The zero-order valence-corrected chi connectivity index (χ0v) is 14.8. The Morgan fingerprint density at radius 2 is 1.65 bits per heavy atom. The maximum absolute atomic E-state index is 12.8. The number of aromatic nitrogens is 1. The van der Waals surface area contributed by atoms with Gasteiger partial charge in [0.1, 0.15) is 12.8 Å². The van der Waals surface area contributed by atoms with Crippen LogP contribution in [-0.4, -0.2) is 23.8 Å². The highest BCUT2D eigenvalue weighted by atomic mass is 32.1. The number of nitrogens with zero attached hydrogens (tertiary/aromatic N) is 2. The predicted molar refractivity (Wildman–Crippen MR) is 101 cm³/mol. The minimum Gasteiger partial charge on any atom is -0.448 e. The van der Waals surface area contributed by atoms with E-state index in [4.69, 9.17) is 15.3 Å². The molecular formula is C19H17N3O3S. The lowest BCUT2D eigenvalue weighted by molar-refractivity contribution is -0.139. The molecule has 2 N–H and O–H groups in total. The van der Waals surface area contributed by atoms with Crippen molar-refractivity contribution >= 4 is 28.1 Å². The van der Waals surface area contributed by atoms with Crippen molar-refractivity contribution < 1.29 is 14.4 Å². The molecule has 6 nitrogen and oxygen atoms in total. The van der Waals surface area contributed by atoms with Gasteiger partial charge < -0.3 is 15.3 Å². The van der Waals surface area contributed by atoms with Crippen molar-refractivity contribution in [1.82, 2.24) is 4.98 Å². The van der Waals surface area contributed by atoms with E-state index in [1.165, 1.54) is 18.4 Å². The summed E-state index contributed by atoms with van der Waals surface area (Å²) in [6, 6.07) is 19.0. The second-order valence-corrected chi connectivity index (χ2v) is 6.19. The molecule has 3 rings (SSSR count). The zero-order valence-electron chi connectivity index (χ0n) is 14.0. The summed E-state index contributed by atoms with van der Waals surface area (Å²) in [5.74, 6) is -0.644. The minimum atomic E-state index is -0.644. The quantitative estimate of drug-likeness (QED) is 0.410. The highest BCUT2D eigenvalue weighted by molar-refractivity contribution is 7.13. The zero-order chi connectivity index (χ0) is 18.4. The third-order valence-electron chi connectivity index (χ3n) is 3.57. The van der Waals surface area contributed by atoms with Gasteiger partial charge in [0.05, 0.1) is 0 Å². The van der Waals surface area contributed by atoms with Crippen LogP contribution in [0.1, 0.15) is 22.9 Å². The van der Waals surface area contributed by atoms with Crippen molar-refractivity contribution in [3.05, 3.63) is 82.9 Å². The van der Waals surface area contributed by atoms with Crippen molar-refractivity contribution in [1.29, 1.82) is 0 Å². The molecule has 1 aromatic heterocycles. The van der Waals surface area contributed by atoms with Gasteiger partial charge in [0, 0.05) is 5.38 Å². The van der Waals surface area contributed by atoms with Crippen molar-refractivity contribution in [3.8, 4) is 0 Å². The van der Waals surface area contributed by atoms with Crippen LogP contribution < -0.4 is 5.73 Å². The molecule has 0 spiro atoms. The molecule has 26 heavy (non-hydrogen) atoms. The van der Waals surface area contributed by atoms with Crippen LogP contribution in [-0.2, 0) is 14.4 Å². The summed E-state index contributed by atoms with van der Waals surface area (Å²) in [6.45, 7) is 0. The average Bonchev–Trinajstić information content (AvgIpc) is 3.11. The fourth-order valence-electron chi connectivity index (χ4n) is 2.42. The molecule has 0 atom stereocenters. The van der Waals surface area contributed by atoms with E-state index < -0.39 is 12.1 Å². The summed E-state index contributed by atoms with van der Waals surface area (Å²) < 4.78 is 5.78. The van der Waals surface area contributed by atoms with Crippen LogP contribution in [0.2, 0.25) is 0 Å². The molecule has 0 bridgehead atoms. The molecule has 132 valence electrons. The van der Waals surface area contributed by atoms with Gasteiger partial charge in [-0.05, 0) is 11.1 Å². The Bertz CT molecular complexity index is 855. The molecule has 7 heteroatoms. The Hall–Kier alpha value is -3.19. The fourth-order valence-corrected chi connectivity index (χ4v) is 2.97.